The van der Waals surface area contributed by atoms with Crippen molar-refractivity contribution < 1.29 is 9.08 Å². The second kappa shape index (κ2) is 5.56. The van der Waals surface area contributed by atoms with Crippen molar-refractivity contribution in [2.75, 3.05) is 0 Å². The Morgan fingerprint density at radius 2 is 2.00 bits per heavy atom. The van der Waals surface area contributed by atoms with Gasteiger partial charge in [0.15, 0.2) is 0 Å². The molecule has 0 atom stereocenters. The average Bonchev–Trinajstić information content (AvgIpc) is 1.38. The Bertz CT molecular complexity index is 46.8. The van der Waals surface area contributed by atoms with E-state index in [0.29, 0.717) is 0 Å². The summed E-state index contributed by atoms with van der Waals surface area (Å²) in [6.45, 7) is 1.23. The maximum atomic E-state index is 9.46. The van der Waals surface area contributed by atoms with Crippen LogP contribution in [0.4, 0.5) is 0 Å². The molecule has 0 heterocycles. The summed E-state index contributed by atoms with van der Waals surface area (Å²) < 4.78 is 3.58. The molecule has 0 aromatic heterocycles. The molecule has 0 aromatic rings. The van der Waals surface area contributed by atoms with Crippen molar-refractivity contribution in [3.05, 3.63) is 0 Å². The van der Waals surface area contributed by atoms with Gasteiger partial charge in [0.1, 0.15) is 11.9 Å². The van der Waals surface area contributed by atoms with Crippen LogP contribution in [0, 0.1) is 0 Å². The monoisotopic (exact) mass is 216 g/mol. The fourth-order valence-electron chi connectivity index (χ4n) is 0. The topological polar surface area (TPSA) is 26.3 Å². The van der Waals surface area contributed by atoms with Gasteiger partial charge in [-0.25, -0.2) is 0 Å². The van der Waals surface area contributed by atoms with Crippen molar-refractivity contribution in [2.24, 2.45) is 0 Å². The molecule has 2 radical (unpaired) electrons. The van der Waals surface area contributed by atoms with Crippen molar-refractivity contribution in [1.29, 1.82) is 0 Å². The van der Waals surface area contributed by atoms with E-state index in [1.54, 1.807) is 0 Å². The minimum atomic E-state index is -0.480. The van der Waals surface area contributed by atoms with Crippen molar-refractivity contribution >= 4 is 41.7 Å². The van der Waals surface area contributed by atoms with Crippen LogP contribution in [-0.2, 0) is 9.08 Å². The van der Waals surface area contributed by atoms with Gasteiger partial charge >= 0.3 is 29.9 Å². The first-order valence-electron chi connectivity index (χ1n) is 1.06. The molecular weight excluding hydrogens is 210 g/mol. The Labute approximate surface area is 57.9 Å². The Morgan fingerprint density at radius 3 is 2.00 bits per heavy atom. The van der Waals surface area contributed by atoms with Crippen LogP contribution >= 0.6 is 11.9 Å². The van der Waals surface area contributed by atoms with E-state index in [9.17, 15) is 4.79 Å². The van der Waals surface area contributed by atoms with Crippen molar-refractivity contribution in [3.8, 4) is 0 Å². The molecule has 0 N–H and O–H groups in total. The van der Waals surface area contributed by atoms with Crippen molar-refractivity contribution in [2.45, 2.75) is 6.92 Å². The molecule has 2 nitrogen and oxygen atoms in total. The van der Waals surface area contributed by atoms with Crippen LogP contribution in [0.1, 0.15) is 6.92 Å². The van der Waals surface area contributed by atoms with Gasteiger partial charge in [-0.05, 0) is 0 Å². The third-order valence-corrected chi connectivity index (χ3v) is 0.326. The van der Waals surface area contributed by atoms with E-state index in [2.05, 4.69) is 16.2 Å². The van der Waals surface area contributed by atoms with Gasteiger partial charge in [-0.3, -0.25) is 4.79 Å². The fourth-order valence-corrected chi connectivity index (χ4v) is 0. The van der Waals surface area contributed by atoms with Crippen LogP contribution < -0.4 is 0 Å². The van der Waals surface area contributed by atoms with Gasteiger partial charge in [-0.2, -0.15) is 0 Å². The van der Waals surface area contributed by atoms with Crippen molar-refractivity contribution in [1.82, 2.24) is 0 Å². The Kier molecular flexibility index (Phi) is 9.03. The second-order valence-corrected chi connectivity index (χ2v) is 0.723. The van der Waals surface area contributed by atoms with Gasteiger partial charge in [-0.15, -0.1) is 0 Å². The molecule has 0 unspecified atom stereocenters. The van der Waals surface area contributed by atoms with E-state index in [1.165, 1.54) is 6.92 Å². The van der Waals surface area contributed by atoms with Crippen molar-refractivity contribution in [3.63, 3.8) is 0 Å². The van der Waals surface area contributed by atoms with E-state index in [4.69, 9.17) is 0 Å². The zero-order chi connectivity index (χ0) is 4.28. The van der Waals surface area contributed by atoms with E-state index in [-0.39, 0.29) is 23.9 Å². The summed E-state index contributed by atoms with van der Waals surface area (Å²) in [4.78, 5) is 9.46. The third-order valence-electron chi connectivity index (χ3n) is 0.109. The van der Waals surface area contributed by atoms with E-state index >= 15 is 0 Å². The van der Waals surface area contributed by atoms with Crippen LogP contribution in [0.25, 0.3) is 0 Å². The molecule has 6 heavy (non-hydrogen) atoms. The Morgan fingerprint density at radius 1 is 1.83 bits per heavy atom. The standard InChI is InChI=1S/C2H3ClO2.Sn.2H/c1-2(4)5-3;;;/h1H3;;;. The summed E-state index contributed by atoms with van der Waals surface area (Å²) in [6.07, 6.45) is 0. The first-order chi connectivity index (χ1) is 2.27. The third kappa shape index (κ3) is 8.82. The van der Waals surface area contributed by atoms with Gasteiger partial charge in [0.2, 0.25) is 0 Å². The van der Waals surface area contributed by atoms with E-state index in [1.807, 2.05) is 0 Å². The summed E-state index contributed by atoms with van der Waals surface area (Å²) in [6, 6.07) is 0. The van der Waals surface area contributed by atoms with Gasteiger partial charge in [0, 0.05) is 6.92 Å². The summed E-state index contributed by atoms with van der Waals surface area (Å²) in [5.74, 6) is -0.480. The van der Waals surface area contributed by atoms with Crippen LogP contribution in [0.2, 0.25) is 0 Å². The molecule has 0 bridgehead atoms. The molecule has 0 aliphatic rings. The van der Waals surface area contributed by atoms with Gasteiger partial charge in [-0.1, -0.05) is 0 Å². The number of hydrogen-bond donors (Lipinski definition) is 0. The number of carbonyl (C=O) groups is 1. The molecule has 4 heteroatoms. The molecule has 0 aliphatic carbocycles. The molecule has 0 aromatic carbocycles. The number of halogens is 1. The zero-order valence-corrected chi connectivity index (χ0v) is 8.19. The molecule has 0 spiro atoms. The van der Waals surface area contributed by atoms with E-state index < -0.39 is 5.97 Å². The maximum absolute atomic E-state index is 9.46. The summed E-state index contributed by atoms with van der Waals surface area (Å²) in [5, 5.41) is 0. The molecule has 0 fully saturated rings. The van der Waals surface area contributed by atoms with Crippen LogP contribution in [0.5, 0.6) is 0 Å². The molecule has 0 saturated heterocycles. The molecule has 0 saturated carbocycles. The summed E-state index contributed by atoms with van der Waals surface area (Å²) in [7, 11) is 0. The zero-order valence-electron chi connectivity index (χ0n) is 3.40. The molecule has 0 amide bonds. The predicted molar refractivity (Wildman–Crippen MR) is 26.2 cm³/mol. The van der Waals surface area contributed by atoms with Gasteiger partial charge in [0.05, 0.1) is 0 Å². The number of carbonyl (C=O) groups excluding carboxylic acids is 1. The van der Waals surface area contributed by atoms with Crippen LogP contribution in [0.3, 0.4) is 0 Å². The Hall–Kier alpha value is 0.559. The second-order valence-electron chi connectivity index (χ2n) is 0.569. The summed E-state index contributed by atoms with van der Waals surface area (Å²) in [5.41, 5.74) is 0. The van der Waals surface area contributed by atoms with Gasteiger partial charge in [0.25, 0.3) is 0 Å². The molecular formula is C2H5ClO2Sn. The fraction of sp³-hybridized carbons (Fsp3) is 0.500. The van der Waals surface area contributed by atoms with Crippen LogP contribution in [-0.4, -0.2) is 29.9 Å². The molecule has 0 aliphatic heterocycles. The first-order valence-corrected chi connectivity index (χ1v) is 1.37. The summed E-state index contributed by atoms with van der Waals surface area (Å²) >= 11 is 4.49. The minimum absolute atomic E-state index is 0. The number of rotatable bonds is 0. The van der Waals surface area contributed by atoms with Gasteiger partial charge < -0.3 is 4.29 Å². The van der Waals surface area contributed by atoms with E-state index in [0.717, 1.165) is 0 Å². The quantitative estimate of drug-likeness (QED) is 0.522. The molecule has 36 valence electrons. The normalized spacial score (nSPS) is 5.67. The van der Waals surface area contributed by atoms with Crippen LogP contribution in [0.15, 0.2) is 0 Å². The Balaban J connectivity index is 0. The molecule has 0 rings (SSSR count). The average molecular weight is 215 g/mol. The first kappa shape index (κ1) is 9.75. The predicted octanol–water partition coefficient (Wildman–Crippen LogP) is -0.213. The number of hydrogen-bond acceptors (Lipinski definition) is 2. The SMILES string of the molecule is CC(=O)OCl.[SnH2].